The zero-order valence-electron chi connectivity index (χ0n) is 16.7. The number of carbonyl (C=O) groups is 1. The molecule has 0 bridgehead atoms. The summed E-state index contributed by atoms with van der Waals surface area (Å²) in [6.07, 6.45) is 4.72. The second-order valence-electron chi connectivity index (χ2n) is 7.80. The van der Waals surface area contributed by atoms with Crippen LogP contribution in [0.2, 0.25) is 0 Å². The normalized spacial score (nSPS) is 16.6. The molecule has 1 saturated heterocycles. The Balaban J connectivity index is 1.50. The zero-order chi connectivity index (χ0) is 20.8. The zero-order valence-corrected chi connectivity index (χ0v) is 17.5. The van der Waals surface area contributed by atoms with Crippen molar-refractivity contribution in [3.05, 3.63) is 54.1 Å². The molecule has 30 heavy (non-hydrogen) atoms. The second kappa shape index (κ2) is 7.36. The number of rotatable bonds is 4. The lowest BCUT2D eigenvalue weighted by molar-refractivity contribution is 0.101. The van der Waals surface area contributed by atoms with E-state index in [0.717, 1.165) is 34.6 Å². The van der Waals surface area contributed by atoms with E-state index in [9.17, 15) is 9.18 Å². The van der Waals surface area contributed by atoms with Crippen LogP contribution in [0, 0.1) is 11.7 Å². The Kier molecular flexibility index (Phi) is 4.66. The number of ketones is 1. The molecule has 0 saturated carbocycles. The minimum absolute atomic E-state index is 0.107. The van der Waals surface area contributed by atoms with Gasteiger partial charge in [-0.25, -0.2) is 4.39 Å². The Morgan fingerprint density at radius 3 is 2.87 bits per heavy atom. The Hall–Kier alpha value is -3.00. The minimum atomic E-state index is -0.561. The third-order valence-electron chi connectivity index (χ3n) is 5.47. The van der Waals surface area contributed by atoms with Gasteiger partial charge in [-0.3, -0.25) is 14.2 Å². The minimum Gasteiger partial charge on any atom is -0.370 e. The van der Waals surface area contributed by atoms with Crippen molar-refractivity contribution in [2.24, 2.45) is 5.92 Å². The van der Waals surface area contributed by atoms with E-state index >= 15 is 0 Å². The van der Waals surface area contributed by atoms with Crippen LogP contribution in [0.25, 0.3) is 16.6 Å². The molecule has 3 aromatic heterocycles. The van der Waals surface area contributed by atoms with Gasteiger partial charge in [0.1, 0.15) is 0 Å². The van der Waals surface area contributed by atoms with E-state index < -0.39 is 5.82 Å². The number of fused-ring (bicyclic) bond motifs is 2. The molecule has 0 unspecified atom stereocenters. The van der Waals surface area contributed by atoms with Crippen LogP contribution < -0.4 is 4.90 Å². The number of aromatic nitrogens is 4. The van der Waals surface area contributed by atoms with Crippen LogP contribution in [0.5, 0.6) is 0 Å². The fourth-order valence-electron chi connectivity index (χ4n) is 3.81. The standard InChI is InChI=1S/C22H20FN5OS/c1-13-5-6-27(11-13)17-7-15-8-18(3-4-20(15)24-10-17)30-22-26-25-21-19(23)9-16(14(2)29)12-28(21)22/h3-4,7-10,12-13H,5-6,11H2,1-2H3/t13-/m0/s1. The van der Waals surface area contributed by atoms with Crippen molar-refractivity contribution in [3.8, 4) is 0 Å². The summed E-state index contributed by atoms with van der Waals surface area (Å²) in [5.74, 6) is -0.0701. The quantitative estimate of drug-likeness (QED) is 0.448. The van der Waals surface area contributed by atoms with Gasteiger partial charge >= 0.3 is 0 Å². The molecule has 152 valence electrons. The number of halogens is 1. The molecular formula is C22H20FN5OS. The third-order valence-corrected chi connectivity index (χ3v) is 6.42. The fourth-order valence-corrected chi connectivity index (χ4v) is 4.66. The Bertz CT molecular complexity index is 1290. The van der Waals surface area contributed by atoms with Crippen LogP contribution in [-0.4, -0.2) is 38.5 Å². The Labute approximate surface area is 177 Å². The number of Topliss-reactive ketones (excluding diaryl/α,β-unsaturated/α-hetero) is 1. The highest BCUT2D eigenvalue weighted by Crippen LogP contribution is 2.31. The van der Waals surface area contributed by atoms with Gasteiger partial charge in [0, 0.05) is 35.1 Å². The maximum absolute atomic E-state index is 14.3. The molecule has 4 heterocycles. The first-order valence-corrected chi connectivity index (χ1v) is 10.7. The monoisotopic (exact) mass is 421 g/mol. The summed E-state index contributed by atoms with van der Waals surface area (Å²) in [7, 11) is 0. The van der Waals surface area contributed by atoms with Gasteiger partial charge in [-0.05, 0) is 61.4 Å². The van der Waals surface area contributed by atoms with Gasteiger partial charge in [-0.1, -0.05) is 6.92 Å². The molecule has 1 atom stereocenters. The van der Waals surface area contributed by atoms with E-state index in [2.05, 4.69) is 39.1 Å². The van der Waals surface area contributed by atoms with Crippen LogP contribution in [0.1, 0.15) is 30.6 Å². The molecule has 1 aliphatic rings. The number of hydrogen-bond donors (Lipinski definition) is 0. The summed E-state index contributed by atoms with van der Waals surface area (Å²) >= 11 is 1.38. The van der Waals surface area contributed by atoms with Crippen molar-refractivity contribution in [3.63, 3.8) is 0 Å². The van der Waals surface area contributed by atoms with Crippen molar-refractivity contribution < 1.29 is 9.18 Å². The number of anilines is 1. The van der Waals surface area contributed by atoms with E-state index in [-0.39, 0.29) is 17.0 Å². The summed E-state index contributed by atoms with van der Waals surface area (Å²) in [6, 6.07) is 9.36. The third kappa shape index (κ3) is 3.41. The van der Waals surface area contributed by atoms with Gasteiger partial charge in [0.25, 0.3) is 0 Å². The smallest absolute Gasteiger partial charge is 0.200 e. The first-order chi connectivity index (χ1) is 14.5. The molecule has 1 aromatic carbocycles. The fraction of sp³-hybridized carbons (Fsp3) is 0.273. The Morgan fingerprint density at radius 2 is 2.10 bits per heavy atom. The molecule has 5 rings (SSSR count). The molecule has 0 radical (unpaired) electrons. The van der Waals surface area contributed by atoms with Crippen LogP contribution >= 0.6 is 11.8 Å². The van der Waals surface area contributed by atoms with E-state index in [1.807, 2.05) is 18.3 Å². The van der Waals surface area contributed by atoms with Gasteiger partial charge in [-0.15, -0.1) is 10.2 Å². The highest BCUT2D eigenvalue weighted by atomic mass is 32.2. The largest absolute Gasteiger partial charge is 0.370 e. The number of hydrogen-bond acceptors (Lipinski definition) is 6. The number of nitrogens with zero attached hydrogens (tertiary/aromatic N) is 5. The molecule has 1 fully saturated rings. The summed E-state index contributed by atoms with van der Waals surface area (Å²) in [6.45, 7) is 5.79. The van der Waals surface area contributed by atoms with E-state index in [0.29, 0.717) is 11.1 Å². The highest BCUT2D eigenvalue weighted by molar-refractivity contribution is 7.99. The summed E-state index contributed by atoms with van der Waals surface area (Å²) in [5.41, 5.74) is 2.45. The summed E-state index contributed by atoms with van der Waals surface area (Å²) < 4.78 is 15.8. The SMILES string of the molecule is CC(=O)c1cc(F)c2nnc(Sc3ccc4ncc(N5CC[C@H](C)C5)cc4c3)n2c1. The Morgan fingerprint density at radius 1 is 1.23 bits per heavy atom. The number of benzene rings is 1. The van der Waals surface area contributed by atoms with Crippen LogP contribution in [0.15, 0.2) is 52.8 Å². The topological polar surface area (TPSA) is 63.4 Å². The van der Waals surface area contributed by atoms with Gasteiger partial charge < -0.3 is 4.90 Å². The first kappa shape index (κ1) is 19.0. The molecule has 8 heteroatoms. The summed E-state index contributed by atoms with van der Waals surface area (Å²) in [4.78, 5) is 19.6. The molecule has 6 nitrogen and oxygen atoms in total. The van der Waals surface area contributed by atoms with E-state index in [1.165, 1.54) is 35.6 Å². The molecule has 0 aliphatic carbocycles. The van der Waals surface area contributed by atoms with Gasteiger partial charge in [0.05, 0.1) is 17.4 Å². The van der Waals surface area contributed by atoms with Crippen molar-refractivity contribution >= 4 is 39.8 Å². The molecular weight excluding hydrogens is 401 g/mol. The van der Waals surface area contributed by atoms with Crippen LogP contribution in [-0.2, 0) is 0 Å². The average molecular weight is 422 g/mol. The molecule has 0 spiro atoms. The van der Waals surface area contributed by atoms with Crippen molar-refractivity contribution in [1.82, 2.24) is 19.6 Å². The molecule has 0 amide bonds. The first-order valence-electron chi connectivity index (χ1n) is 9.86. The van der Waals surface area contributed by atoms with Crippen LogP contribution in [0.4, 0.5) is 10.1 Å². The lowest BCUT2D eigenvalue weighted by atomic mass is 10.2. The van der Waals surface area contributed by atoms with Gasteiger partial charge in [0.15, 0.2) is 17.2 Å². The van der Waals surface area contributed by atoms with E-state index in [1.54, 1.807) is 6.20 Å². The lowest BCUT2D eigenvalue weighted by Crippen LogP contribution is -2.19. The van der Waals surface area contributed by atoms with Crippen LogP contribution in [0.3, 0.4) is 0 Å². The summed E-state index contributed by atoms with van der Waals surface area (Å²) in [5, 5.41) is 9.61. The highest BCUT2D eigenvalue weighted by Gasteiger charge is 2.19. The van der Waals surface area contributed by atoms with Crippen molar-refractivity contribution in [2.45, 2.75) is 30.3 Å². The maximum Gasteiger partial charge on any atom is 0.200 e. The maximum atomic E-state index is 14.3. The number of pyridine rings is 2. The van der Waals surface area contributed by atoms with Gasteiger partial charge in [-0.2, -0.15) is 0 Å². The predicted octanol–water partition coefficient (Wildman–Crippen LogP) is 4.62. The lowest BCUT2D eigenvalue weighted by Gasteiger charge is -2.18. The number of carbonyl (C=O) groups excluding carboxylic acids is 1. The average Bonchev–Trinajstić information content (AvgIpc) is 3.34. The second-order valence-corrected chi connectivity index (χ2v) is 8.84. The molecule has 0 N–H and O–H groups in total. The van der Waals surface area contributed by atoms with E-state index in [4.69, 9.17) is 0 Å². The van der Waals surface area contributed by atoms with Crippen molar-refractivity contribution in [2.75, 3.05) is 18.0 Å². The van der Waals surface area contributed by atoms with Gasteiger partial charge in [0.2, 0.25) is 5.16 Å². The molecule has 4 aromatic rings. The van der Waals surface area contributed by atoms with Crippen molar-refractivity contribution in [1.29, 1.82) is 0 Å². The predicted molar refractivity (Wildman–Crippen MR) is 115 cm³/mol. The molecule has 1 aliphatic heterocycles.